The zero-order chi connectivity index (χ0) is 10.1. The van der Waals surface area contributed by atoms with Gasteiger partial charge in [0.1, 0.15) is 0 Å². The fraction of sp³-hybridized carbons (Fsp3) is 0.364. The Morgan fingerprint density at radius 2 is 1.85 bits per heavy atom. The molecule has 0 heterocycles. The highest BCUT2D eigenvalue weighted by Crippen LogP contribution is 2.12. The summed E-state index contributed by atoms with van der Waals surface area (Å²) in [6.07, 6.45) is 0. The second-order valence-electron chi connectivity index (χ2n) is 2.22. The van der Waals surface area contributed by atoms with Gasteiger partial charge in [-0.1, -0.05) is 32.0 Å². The van der Waals surface area contributed by atoms with Crippen LogP contribution in [0.15, 0.2) is 24.3 Å². The summed E-state index contributed by atoms with van der Waals surface area (Å²) in [6, 6.07) is 8.28. The lowest BCUT2D eigenvalue weighted by molar-refractivity contribution is 1.50. The average Bonchev–Trinajstić information content (AvgIpc) is 2.22. The quantitative estimate of drug-likeness (QED) is 0.712. The Kier molecular flexibility index (Phi) is 7.33. The van der Waals surface area contributed by atoms with E-state index in [-0.39, 0.29) is 0 Å². The maximum atomic E-state index is 3.14. The van der Waals surface area contributed by atoms with Gasteiger partial charge in [-0.05, 0) is 18.5 Å². The minimum Gasteiger partial charge on any atom is -0.388 e. The molecular formula is C11H18NP. The van der Waals surface area contributed by atoms with Crippen molar-refractivity contribution in [3.05, 3.63) is 29.8 Å². The second-order valence-corrected chi connectivity index (χ2v) is 3.00. The summed E-state index contributed by atoms with van der Waals surface area (Å²) < 4.78 is 0. The highest BCUT2D eigenvalue weighted by molar-refractivity contribution is 7.38. The van der Waals surface area contributed by atoms with Crippen LogP contribution >= 0.6 is 8.20 Å². The van der Waals surface area contributed by atoms with E-state index in [0.717, 1.165) is 0 Å². The van der Waals surface area contributed by atoms with Crippen molar-refractivity contribution in [2.75, 3.05) is 19.0 Å². The van der Waals surface area contributed by atoms with Crippen molar-refractivity contribution in [3.8, 4) is 0 Å². The van der Waals surface area contributed by atoms with E-state index >= 15 is 0 Å². The molecule has 0 radical (unpaired) electrons. The molecule has 1 N–H and O–H groups in total. The van der Waals surface area contributed by atoms with Gasteiger partial charge in [0.25, 0.3) is 0 Å². The van der Waals surface area contributed by atoms with Gasteiger partial charge in [-0.2, -0.15) is 0 Å². The van der Waals surface area contributed by atoms with Gasteiger partial charge in [-0.25, -0.2) is 0 Å². The number of hydrogen-bond donors (Lipinski definition) is 1. The van der Waals surface area contributed by atoms with Crippen molar-refractivity contribution in [1.82, 2.24) is 0 Å². The maximum Gasteiger partial charge on any atom is 0.0414 e. The van der Waals surface area contributed by atoms with Gasteiger partial charge >= 0.3 is 0 Å². The number of hydrogen-bond acceptors (Lipinski definition) is 1. The molecule has 0 amide bonds. The zero-order valence-electron chi connectivity index (χ0n) is 8.83. The van der Waals surface area contributed by atoms with E-state index in [1.807, 2.05) is 27.0 Å². The minimum atomic E-state index is 1.20. The third kappa shape index (κ3) is 4.10. The molecule has 0 unspecified atom stereocenters. The first-order valence-corrected chi connectivity index (χ1v) is 5.98. The van der Waals surface area contributed by atoms with Crippen molar-refractivity contribution in [3.63, 3.8) is 0 Å². The number of rotatable bonds is 2. The highest BCUT2D eigenvalue weighted by Gasteiger charge is 1.92. The van der Waals surface area contributed by atoms with Gasteiger partial charge in [0.15, 0.2) is 0 Å². The lowest BCUT2D eigenvalue weighted by Crippen LogP contribution is -1.92. The van der Waals surface area contributed by atoms with Crippen LogP contribution in [0.1, 0.15) is 19.4 Å². The van der Waals surface area contributed by atoms with Crippen LogP contribution in [0.5, 0.6) is 0 Å². The predicted octanol–water partition coefficient (Wildman–Crippen LogP) is 3.48. The molecule has 0 aliphatic rings. The monoisotopic (exact) mass is 195 g/mol. The van der Waals surface area contributed by atoms with E-state index in [9.17, 15) is 0 Å². The van der Waals surface area contributed by atoms with Crippen LogP contribution in [0.2, 0.25) is 0 Å². The summed E-state index contributed by atoms with van der Waals surface area (Å²) in [4.78, 5) is 0. The Balaban J connectivity index is 0.000000671. The summed E-state index contributed by atoms with van der Waals surface area (Å²) in [7, 11) is 3.24. The summed E-state index contributed by atoms with van der Waals surface area (Å²) in [5.74, 6) is 2.19. The molecule has 0 spiro atoms. The van der Waals surface area contributed by atoms with Crippen LogP contribution in [0.25, 0.3) is 0 Å². The molecule has 13 heavy (non-hydrogen) atoms. The fourth-order valence-electron chi connectivity index (χ4n) is 0.976. The largest absolute Gasteiger partial charge is 0.388 e. The molecule has 0 aromatic heterocycles. The highest BCUT2D eigenvalue weighted by atomic mass is 31.1. The van der Waals surface area contributed by atoms with Crippen molar-refractivity contribution in [1.29, 1.82) is 0 Å². The molecule has 1 nitrogen and oxygen atoms in total. The van der Waals surface area contributed by atoms with Crippen molar-refractivity contribution in [2.45, 2.75) is 13.8 Å². The third-order valence-electron chi connectivity index (χ3n) is 1.50. The van der Waals surface area contributed by atoms with Crippen molar-refractivity contribution < 1.29 is 0 Å². The van der Waals surface area contributed by atoms with Crippen LogP contribution in [0, 0.1) is 0 Å². The van der Waals surface area contributed by atoms with Gasteiger partial charge in [0.2, 0.25) is 0 Å². The molecule has 0 aliphatic heterocycles. The normalized spacial score (nSPS) is 9.23. The van der Waals surface area contributed by atoms with Crippen molar-refractivity contribution in [2.24, 2.45) is 0 Å². The summed E-state index contributed by atoms with van der Waals surface area (Å²) in [5.41, 5.74) is 2.47. The van der Waals surface area contributed by atoms with E-state index in [0.29, 0.717) is 0 Å². The Morgan fingerprint density at radius 1 is 1.23 bits per heavy atom. The summed E-state index contributed by atoms with van der Waals surface area (Å²) in [5, 5.41) is 3.14. The number of nitrogens with one attached hydrogen (secondary N) is 1. The van der Waals surface area contributed by atoms with E-state index in [1.165, 1.54) is 19.5 Å². The van der Waals surface area contributed by atoms with Crippen LogP contribution in [-0.2, 0) is 0 Å². The molecule has 0 aliphatic carbocycles. The van der Waals surface area contributed by atoms with Crippen LogP contribution in [0.3, 0.4) is 0 Å². The lowest BCUT2D eigenvalue weighted by atomic mass is 10.2. The van der Waals surface area contributed by atoms with Gasteiger partial charge in [-0.15, -0.1) is 8.20 Å². The Labute approximate surface area is 83.0 Å². The maximum absolute atomic E-state index is 3.14. The fourth-order valence-corrected chi connectivity index (χ4v) is 1.48. The predicted molar refractivity (Wildman–Crippen MR) is 65.3 cm³/mol. The first-order valence-electron chi connectivity index (χ1n) is 4.57. The molecule has 0 fully saturated rings. The number of anilines is 1. The van der Waals surface area contributed by atoms with Gasteiger partial charge < -0.3 is 5.32 Å². The Bertz CT molecular complexity index is 256. The number of para-hydroxylation sites is 1. The van der Waals surface area contributed by atoms with E-state index in [2.05, 4.69) is 36.0 Å². The van der Waals surface area contributed by atoms with Crippen LogP contribution in [0.4, 0.5) is 5.69 Å². The molecule has 72 valence electrons. The summed E-state index contributed by atoms with van der Waals surface area (Å²) in [6.45, 7) is 6.12. The lowest BCUT2D eigenvalue weighted by Gasteiger charge is -2.02. The smallest absolute Gasteiger partial charge is 0.0414 e. The molecule has 0 atom stereocenters. The van der Waals surface area contributed by atoms with E-state index < -0.39 is 0 Å². The van der Waals surface area contributed by atoms with E-state index in [4.69, 9.17) is 0 Å². The zero-order valence-corrected chi connectivity index (χ0v) is 9.73. The molecule has 0 saturated heterocycles. The minimum absolute atomic E-state index is 1.20. The van der Waals surface area contributed by atoms with Gasteiger partial charge in [0, 0.05) is 18.3 Å². The SMILES string of the molecule is CC.CNc1ccccc1C=PC. The first kappa shape index (κ1) is 12.2. The van der Waals surface area contributed by atoms with Crippen LogP contribution < -0.4 is 5.32 Å². The third-order valence-corrected chi connectivity index (χ3v) is 2.03. The Hall–Kier alpha value is -0.810. The Morgan fingerprint density at radius 3 is 2.38 bits per heavy atom. The molecule has 1 aromatic carbocycles. The molecule has 1 rings (SSSR count). The van der Waals surface area contributed by atoms with Gasteiger partial charge in [0.05, 0.1) is 0 Å². The molecule has 1 aromatic rings. The molecule has 2 heteroatoms. The standard InChI is InChI=1S/C9H12NP.C2H6/c1-10-9-6-4-3-5-8(9)7-11-2;1-2/h3-7,10H,1-2H3;1-2H3. The van der Waals surface area contributed by atoms with E-state index in [1.54, 1.807) is 0 Å². The average molecular weight is 195 g/mol. The molecular weight excluding hydrogens is 177 g/mol. The topological polar surface area (TPSA) is 12.0 Å². The van der Waals surface area contributed by atoms with Crippen LogP contribution in [-0.4, -0.2) is 19.5 Å². The molecule has 0 bridgehead atoms. The first-order chi connectivity index (χ1) is 6.38. The number of benzene rings is 1. The molecule has 0 saturated carbocycles. The van der Waals surface area contributed by atoms with Crippen molar-refractivity contribution >= 4 is 19.7 Å². The summed E-state index contributed by atoms with van der Waals surface area (Å²) >= 11 is 0. The second kappa shape index (κ2) is 7.82. The van der Waals surface area contributed by atoms with Gasteiger partial charge in [-0.3, -0.25) is 0 Å².